The molecule has 0 bridgehead atoms. The number of ketones is 1. The first kappa shape index (κ1) is 19.4. The number of hydrogen-bond acceptors (Lipinski definition) is 7. The zero-order chi connectivity index (χ0) is 20.6. The fourth-order valence-electron chi connectivity index (χ4n) is 3.86. The Morgan fingerprint density at radius 3 is 2.69 bits per heavy atom. The fraction of sp³-hybridized carbons (Fsp3) is 0.550. The van der Waals surface area contributed by atoms with Gasteiger partial charge in [-0.15, -0.1) is 0 Å². The van der Waals surface area contributed by atoms with Crippen LogP contribution in [0.1, 0.15) is 68.6 Å². The van der Waals surface area contributed by atoms with E-state index in [4.69, 9.17) is 4.74 Å². The van der Waals surface area contributed by atoms with Gasteiger partial charge in [0.05, 0.1) is 12.4 Å². The van der Waals surface area contributed by atoms with Gasteiger partial charge in [0.1, 0.15) is 17.6 Å². The maximum Gasteiger partial charge on any atom is 0.410 e. The first-order chi connectivity index (χ1) is 13.8. The number of likely N-dealkylation sites (tertiary alicyclic amines) is 1. The van der Waals surface area contributed by atoms with Crippen LogP contribution in [0, 0.1) is 0 Å². The van der Waals surface area contributed by atoms with E-state index in [9.17, 15) is 9.59 Å². The van der Waals surface area contributed by atoms with E-state index in [1.54, 1.807) is 4.90 Å². The number of aromatic nitrogens is 4. The van der Waals surface area contributed by atoms with Gasteiger partial charge in [0.25, 0.3) is 0 Å². The van der Waals surface area contributed by atoms with Gasteiger partial charge in [-0.2, -0.15) is 5.10 Å². The van der Waals surface area contributed by atoms with Crippen molar-refractivity contribution in [2.75, 3.05) is 11.9 Å². The van der Waals surface area contributed by atoms with Gasteiger partial charge in [0.2, 0.25) is 0 Å². The normalized spacial score (nSPS) is 22.8. The number of rotatable bonds is 5. The first-order valence-electron chi connectivity index (χ1n) is 9.95. The largest absolute Gasteiger partial charge is 0.446 e. The summed E-state index contributed by atoms with van der Waals surface area (Å²) in [6.07, 6.45) is 6.28. The van der Waals surface area contributed by atoms with E-state index in [2.05, 4.69) is 39.3 Å². The second kappa shape index (κ2) is 7.46. The zero-order valence-corrected chi connectivity index (χ0v) is 16.9. The van der Waals surface area contributed by atoms with E-state index >= 15 is 0 Å². The molecule has 2 atom stereocenters. The molecule has 1 aliphatic carbocycles. The molecule has 2 aromatic heterocycles. The van der Waals surface area contributed by atoms with Gasteiger partial charge in [0.15, 0.2) is 11.6 Å². The van der Waals surface area contributed by atoms with Crippen LogP contribution in [-0.4, -0.2) is 55.1 Å². The summed E-state index contributed by atoms with van der Waals surface area (Å²) in [6.45, 7) is 6.35. The zero-order valence-electron chi connectivity index (χ0n) is 16.9. The summed E-state index contributed by atoms with van der Waals surface area (Å²) in [5.74, 6) is 1.29. The van der Waals surface area contributed by atoms with Crippen molar-refractivity contribution in [3.63, 3.8) is 0 Å². The van der Waals surface area contributed by atoms with Crippen molar-refractivity contribution in [1.29, 1.82) is 0 Å². The molecule has 0 spiro atoms. The van der Waals surface area contributed by atoms with Crippen molar-refractivity contribution < 1.29 is 14.3 Å². The van der Waals surface area contributed by atoms with Crippen molar-refractivity contribution in [3.05, 3.63) is 29.8 Å². The number of hydrogen-bond donors (Lipinski definition) is 2. The Morgan fingerprint density at radius 1 is 1.24 bits per heavy atom. The molecule has 9 heteroatoms. The molecule has 0 aromatic carbocycles. The number of Topliss-reactive ketones (excluding diaryl/α,β-unsaturated/α-hetero) is 1. The number of ether oxygens (including phenoxy) is 1. The Morgan fingerprint density at radius 2 is 2.07 bits per heavy atom. The molecule has 1 amide bonds. The predicted molar refractivity (Wildman–Crippen MR) is 106 cm³/mol. The lowest BCUT2D eigenvalue weighted by molar-refractivity contribution is -0.0101. The molecule has 9 nitrogen and oxygen atoms in total. The molecule has 4 rings (SSSR count). The smallest absolute Gasteiger partial charge is 0.410 e. The van der Waals surface area contributed by atoms with Gasteiger partial charge in [-0.3, -0.25) is 9.89 Å². The van der Waals surface area contributed by atoms with Gasteiger partial charge < -0.3 is 15.0 Å². The van der Waals surface area contributed by atoms with Gasteiger partial charge in [-0.25, -0.2) is 14.8 Å². The van der Waals surface area contributed by atoms with Crippen LogP contribution < -0.4 is 5.32 Å². The summed E-state index contributed by atoms with van der Waals surface area (Å²) in [5.41, 5.74) is 1.24. The summed E-state index contributed by atoms with van der Waals surface area (Å²) in [7, 11) is 0. The van der Waals surface area contributed by atoms with E-state index in [0.29, 0.717) is 17.3 Å². The minimum Gasteiger partial charge on any atom is -0.446 e. The molecule has 2 aromatic rings. The van der Waals surface area contributed by atoms with Crippen molar-refractivity contribution >= 4 is 23.5 Å². The van der Waals surface area contributed by atoms with Crippen LogP contribution >= 0.6 is 0 Å². The van der Waals surface area contributed by atoms with E-state index in [1.807, 2.05) is 6.07 Å². The number of anilines is 2. The third kappa shape index (κ3) is 4.08. The predicted octanol–water partition coefficient (Wildman–Crippen LogP) is 3.40. The minimum atomic E-state index is -0.202. The number of nitrogens with one attached hydrogen (secondary N) is 2. The highest BCUT2D eigenvalue weighted by Crippen LogP contribution is 2.37. The molecule has 0 radical (unpaired) electrons. The van der Waals surface area contributed by atoms with Crippen molar-refractivity contribution in [3.8, 4) is 0 Å². The van der Waals surface area contributed by atoms with Crippen LogP contribution in [0.15, 0.2) is 18.5 Å². The first-order valence-corrected chi connectivity index (χ1v) is 9.95. The molecule has 2 N–H and O–H groups in total. The molecule has 2 fully saturated rings. The third-order valence-corrected chi connectivity index (χ3v) is 5.86. The van der Waals surface area contributed by atoms with Crippen LogP contribution in [0.5, 0.6) is 0 Å². The van der Waals surface area contributed by atoms with Crippen LogP contribution in [-0.2, 0) is 4.74 Å². The minimum absolute atomic E-state index is 0.0615. The summed E-state index contributed by atoms with van der Waals surface area (Å²) in [4.78, 5) is 33.7. The lowest BCUT2D eigenvalue weighted by Crippen LogP contribution is -2.58. The van der Waals surface area contributed by atoms with Crippen molar-refractivity contribution in [1.82, 2.24) is 25.1 Å². The lowest BCUT2D eigenvalue weighted by atomic mass is 9.90. The summed E-state index contributed by atoms with van der Waals surface area (Å²) in [5, 5.41) is 10.4. The topological polar surface area (TPSA) is 113 Å². The Labute approximate surface area is 169 Å². The second-order valence-corrected chi connectivity index (χ2v) is 8.41. The Bertz CT molecular complexity index is 907. The number of carbonyl (C=O) groups excluding carboxylic acids is 2. The average Bonchev–Trinajstić information content (AvgIpc) is 3.30. The number of aromatic amines is 1. The number of nitrogens with zero attached hydrogens (tertiary/aromatic N) is 4. The molecule has 3 heterocycles. The van der Waals surface area contributed by atoms with Gasteiger partial charge in [0, 0.05) is 36.7 Å². The van der Waals surface area contributed by atoms with Gasteiger partial charge in [-0.1, -0.05) is 0 Å². The van der Waals surface area contributed by atoms with Crippen LogP contribution in [0.25, 0.3) is 0 Å². The molecule has 2 unspecified atom stereocenters. The molecule has 1 saturated carbocycles. The molecule has 1 aliphatic heterocycles. The summed E-state index contributed by atoms with van der Waals surface area (Å²) < 4.78 is 5.73. The molecular weight excluding hydrogens is 372 g/mol. The number of carbonyl (C=O) groups is 2. The lowest BCUT2D eigenvalue weighted by Gasteiger charge is -2.47. The highest BCUT2D eigenvalue weighted by Gasteiger charge is 2.41. The van der Waals surface area contributed by atoms with Crippen LogP contribution in [0.4, 0.5) is 16.4 Å². The van der Waals surface area contributed by atoms with Crippen molar-refractivity contribution in [2.24, 2.45) is 0 Å². The van der Waals surface area contributed by atoms with Crippen molar-refractivity contribution in [2.45, 2.75) is 64.0 Å². The SMILES string of the molecule is CC(=O)c1cnc(Nc2cc(C3CCC(OC(=O)N4CCC4(C)C)C3)[nH]n2)cn1. The van der Waals surface area contributed by atoms with Crippen LogP contribution in [0.2, 0.25) is 0 Å². The number of H-pyrrole nitrogens is 1. The second-order valence-electron chi connectivity index (χ2n) is 8.41. The van der Waals surface area contributed by atoms with E-state index in [-0.39, 0.29) is 29.4 Å². The van der Waals surface area contributed by atoms with E-state index in [1.165, 1.54) is 19.3 Å². The molecule has 1 saturated heterocycles. The Hall–Kier alpha value is -2.97. The average molecular weight is 398 g/mol. The highest BCUT2D eigenvalue weighted by molar-refractivity contribution is 5.91. The maximum atomic E-state index is 12.4. The fourth-order valence-corrected chi connectivity index (χ4v) is 3.86. The number of amides is 1. The standard InChI is InChI=1S/C20H26N6O3/c1-12(27)16-10-22-18(11-21-16)23-17-9-15(24-25-17)13-4-5-14(8-13)29-19(28)26-7-6-20(26,2)3/h9-11,13-14H,4-8H2,1-3H3,(H2,22,23,24,25). The summed E-state index contributed by atoms with van der Waals surface area (Å²) >= 11 is 0. The monoisotopic (exact) mass is 398 g/mol. The van der Waals surface area contributed by atoms with Gasteiger partial charge in [-0.05, 0) is 39.5 Å². The molecule has 154 valence electrons. The van der Waals surface area contributed by atoms with Crippen LogP contribution in [0.3, 0.4) is 0 Å². The maximum absolute atomic E-state index is 12.4. The highest BCUT2D eigenvalue weighted by atomic mass is 16.6. The molecule has 29 heavy (non-hydrogen) atoms. The van der Waals surface area contributed by atoms with E-state index in [0.717, 1.165) is 37.9 Å². The van der Waals surface area contributed by atoms with Gasteiger partial charge >= 0.3 is 6.09 Å². The quantitative estimate of drug-likeness (QED) is 0.742. The third-order valence-electron chi connectivity index (χ3n) is 5.86. The molecule has 2 aliphatic rings. The Kier molecular flexibility index (Phi) is 4.97. The Balaban J connectivity index is 1.32. The molecular formula is C20H26N6O3. The van der Waals surface area contributed by atoms with E-state index < -0.39 is 0 Å². The summed E-state index contributed by atoms with van der Waals surface area (Å²) in [6, 6.07) is 1.94.